The van der Waals surface area contributed by atoms with E-state index in [2.05, 4.69) is 32.9 Å². The molecule has 2 aromatic carbocycles. The molecular formula is C27H35N7O3. The first-order valence-corrected chi connectivity index (χ1v) is 12.6. The van der Waals surface area contributed by atoms with E-state index in [9.17, 15) is 9.59 Å². The van der Waals surface area contributed by atoms with Gasteiger partial charge in [-0.3, -0.25) is 14.6 Å². The molecule has 10 nitrogen and oxygen atoms in total. The molecule has 1 aliphatic rings. The molecule has 2 amide bonds. The van der Waals surface area contributed by atoms with Crippen molar-refractivity contribution in [2.75, 3.05) is 45.1 Å². The number of nitrogens with zero attached hydrogens (tertiary/aromatic N) is 5. The zero-order chi connectivity index (χ0) is 26.4. The van der Waals surface area contributed by atoms with E-state index in [1.165, 1.54) is 11.1 Å². The Kier molecular flexibility index (Phi) is 8.52. The minimum atomic E-state index is -0.139. The quantitative estimate of drug-likeness (QED) is 0.383. The summed E-state index contributed by atoms with van der Waals surface area (Å²) >= 11 is 0. The maximum Gasteiger partial charge on any atom is 0.257 e. The minimum Gasteiger partial charge on any atom is -0.376 e. The van der Waals surface area contributed by atoms with Gasteiger partial charge in [-0.05, 0) is 55.3 Å². The van der Waals surface area contributed by atoms with Gasteiger partial charge >= 0.3 is 0 Å². The third-order valence-corrected chi connectivity index (χ3v) is 6.53. The van der Waals surface area contributed by atoms with E-state index >= 15 is 0 Å². The molecule has 10 heteroatoms. The fourth-order valence-electron chi connectivity index (χ4n) is 4.33. The molecule has 0 saturated carbocycles. The number of fused-ring (bicyclic) bond motifs is 1. The Morgan fingerprint density at radius 1 is 1.08 bits per heavy atom. The molecule has 2 N–H and O–H groups in total. The number of likely N-dealkylation sites (N-methyl/N-ethyl adjacent to an activating group) is 2. The molecule has 0 atom stereocenters. The van der Waals surface area contributed by atoms with Crippen LogP contribution in [0.3, 0.4) is 0 Å². The minimum absolute atomic E-state index is 0.0175. The van der Waals surface area contributed by atoms with Crippen LogP contribution in [0.5, 0.6) is 0 Å². The number of benzene rings is 2. The summed E-state index contributed by atoms with van der Waals surface area (Å²) in [5.41, 5.74) is 5.05. The lowest BCUT2D eigenvalue weighted by molar-refractivity contribution is -0.151. The van der Waals surface area contributed by atoms with Gasteiger partial charge in [-0.2, -0.15) is 4.98 Å². The fraction of sp³-hybridized carbons (Fsp3) is 0.407. The number of hydrazine groups is 1. The first kappa shape index (κ1) is 26.3. The number of rotatable bonds is 11. The van der Waals surface area contributed by atoms with Crippen LogP contribution in [0.1, 0.15) is 29.4 Å². The van der Waals surface area contributed by atoms with Gasteiger partial charge in [0.2, 0.25) is 5.91 Å². The topological polar surface area (TPSA) is 107 Å². The first-order valence-electron chi connectivity index (χ1n) is 12.6. The lowest BCUT2D eigenvalue weighted by atomic mass is 10.1. The Morgan fingerprint density at radius 2 is 1.81 bits per heavy atom. The Labute approximate surface area is 217 Å². The van der Waals surface area contributed by atoms with Crippen LogP contribution in [-0.4, -0.2) is 76.6 Å². The van der Waals surface area contributed by atoms with Crippen molar-refractivity contribution in [1.29, 1.82) is 0 Å². The molecule has 3 aromatic rings. The van der Waals surface area contributed by atoms with E-state index in [0.717, 1.165) is 23.4 Å². The Balaban J connectivity index is 1.36. The van der Waals surface area contributed by atoms with E-state index < -0.39 is 0 Å². The largest absolute Gasteiger partial charge is 0.376 e. The molecule has 2 heterocycles. The van der Waals surface area contributed by atoms with Gasteiger partial charge < -0.3 is 20.1 Å². The van der Waals surface area contributed by atoms with Crippen molar-refractivity contribution in [3.63, 3.8) is 0 Å². The van der Waals surface area contributed by atoms with E-state index in [1.54, 1.807) is 23.9 Å². The SMILES string of the molecule is CCNCCN(CC(=O)N(C)N1Cc2ccccc2C1)C(=O)CNc1ccc(-c2nc(C)no2)cc1C. The van der Waals surface area contributed by atoms with Crippen LogP contribution in [0.25, 0.3) is 11.5 Å². The third kappa shape index (κ3) is 6.52. The summed E-state index contributed by atoms with van der Waals surface area (Å²) in [7, 11) is 1.77. The number of anilines is 1. The summed E-state index contributed by atoms with van der Waals surface area (Å²) in [6, 6.07) is 13.9. The molecule has 0 unspecified atom stereocenters. The summed E-state index contributed by atoms with van der Waals surface area (Å²) in [5.74, 6) is 0.780. The van der Waals surface area contributed by atoms with Crippen molar-refractivity contribution >= 4 is 17.5 Å². The van der Waals surface area contributed by atoms with Gasteiger partial charge in [0.1, 0.15) is 6.54 Å². The smallest absolute Gasteiger partial charge is 0.257 e. The molecular weight excluding hydrogens is 470 g/mol. The molecule has 0 bridgehead atoms. The fourth-order valence-corrected chi connectivity index (χ4v) is 4.33. The van der Waals surface area contributed by atoms with Crippen molar-refractivity contribution < 1.29 is 14.1 Å². The van der Waals surface area contributed by atoms with Crippen LogP contribution >= 0.6 is 0 Å². The second-order valence-corrected chi connectivity index (χ2v) is 9.21. The number of nitrogens with one attached hydrogen (secondary N) is 2. The highest BCUT2D eigenvalue weighted by atomic mass is 16.5. The summed E-state index contributed by atoms with van der Waals surface area (Å²) in [6.07, 6.45) is 0. The summed E-state index contributed by atoms with van der Waals surface area (Å²) < 4.78 is 5.25. The lowest BCUT2D eigenvalue weighted by Crippen LogP contribution is -2.49. The molecule has 0 aliphatic carbocycles. The van der Waals surface area contributed by atoms with Crippen molar-refractivity contribution in [2.24, 2.45) is 0 Å². The van der Waals surface area contributed by atoms with Gasteiger partial charge in [-0.15, -0.1) is 0 Å². The lowest BCUT2D eigenvalue weighted by Gasteiger charge is -2.31. The Morgan fingerprint density at radius 3 is 2.43 bits per heavy atom. The monoisotopic (exact) mass is 505 g/mol. The van der Waals surface area contributed by atoms with Crippen LogP contribution < -0.4 is 10.6 Å². The molecule has 0 fully saturated rings. The van der Waals surface area contributed by atoms with E-state index in [-0.39, 0.29) is 24.9 Å². The van der Waals surface area contributed by atoms with E-state index in [4.69, 9.17) is 4.52 Å². The maximum atomic E-state index is 13.2. The van der Waals surface area contributed by atoms with Crippen LogP contribution in [0.4, 0.5) is 5.69 Å². The highest BCUT2D eigenvalue weighted by Gasteiger charge is 2.27. The van der Waals surface area contributed by atoms with Crippen LogP contribution in [0, 0.1) is 13.8 Å². The van der Waals surface area contributed by atoms with Gasteiger partial charge in [0.15, 0.2) is 5.82 Å². The highest BCUT2D eigenvalue weighted by Crippen LogP contribution is 2.24. The van der Waals surface area contributed by atoms with Crippen molar-refractivity contribution in [3.05, 3.63) is 65.0 Å². The van der Waals surface area contributed by atoms with E-state index in [1.807, 2.05) is 49.2 Å². The first-order chi connectivity index (χ1) is 17.9. The van der Waals surface area contributed by atoms with Crippen LogP contribution in [-0.2, 0) is 22.7 Å². The van der Waals surface area contributed by atoms with Crippen LogP contribution in [0.2, 0.25) is 0 Å². The Hall–Kier alpha value is -3.76. The van der Waals surface area contributed by atoms with Crippen molar-refractivity contribution in [2.45, 2.75) is 33.9 Å². The standard InChI is InChI=1S/C27H35N7O3/c1-5-28-12-13-33(18-26(36)32(4)34-16-22-8-6-7-9-23(22)17-34)25(35)15-29-24-11-10-21(14-19(24)2)27-30-20(3)31-37-27/h6-11,14,28-29H,5,12-13,15-18H2,1-4H3. The number of hydrogen-bond donors (Lipinski definition) is 2. The summed E-state index contributed by atoms with van der Waals surface area (Å²) in [6.45, 7) is 9.07. The molecule has 0 saturated heterocycles. The third-order valence-electron chi connectivity index (χ3n) is 6.53. The van der Waals surface area contributed by atoms with Gasteiger partial charge in [-0.1, -0.05) is 36.3 Å². The zero-order valence-corrected chi connectivity index (χ0v) is 22.0. The second-order valence-electron chi connectivity index (χ2n) is 9.21. The van der Waals surface area contributed by atoms with Crippen molar-refractivity contribution in [1.82, 2.24) is 30.4 Å². The molecule has 1 aliphatic heterocycles. The van der Waals surface area contributed by atoms with Crippen molar-refractivity contribution in [3.8, 4) is 11.5 Å². The molecule has 37 heavy (non-hydrogen) atoms. The van der Waals surface area contributed by atoms with Gasteiger partial charge in [-0.25, -0.2) is 5.01 Å². The summed E-state index contributed by atoms with van der Waals surface area (Å²) in [5, 5.41) is 13.9. The molecule has 0 spiro atoms. The molecule has 4 rings (SSSR count). The summed E-state index contributed by atoms with van der Waals surface area (Å²) in [4.78, 5) is 32.2. The van der Waals surface area contributed by atoms with Gasteiger partial charge in [0.25, 0.3) is 11.8 Å². The number of amides is 2. The van der Waals surface area contributed by atoms with Crippen LogP contribution in [0.15, 0.2) is 47.0 Å². The predicted molar refractivity (Wildman–Crippen MR) is 141 cm³/mol. The number of carbonyl (C=O) groups is 2. The average Bonchev–Trinajstić information content (AvgIpc) is 3.53. The van der Waals surface area contributed by atoms with Gasteiger partial charge in [0.05, 0.1) is 6.54 Å². The molecule has 0 radical (unpaired) electrons. The number of hydrogen-bond acceptors (Lipinski definition) is 8. The Bertz CT molecular complexity index is 1220. The van der Waals surface area contributed by atoms with Gasteiger partial charge in [0, 0.05) is 44.5 Å². The average molecular weight is 506 g/mol. The second kappa shape index (κ2) is 12.0. The maximum absolute atomic E-state index is 13.2. The molecule has 196 valence electrons. The predicted octanol–water partition coefficient (Wildman–Crippen LogP) is 2.59. The number of aryl methyl sites for hydroxylation is 2. The van der Waals surface area contributed by atoms with E-state index in [0.29, 0.717) is 37.9 Å². The molecule has 1 aromatic heterocycles. The highest BCUT2D eigenvalue weighted by molar-refractivity contribution is 5.87. The zero-order valence-electron chi connectivity index (χ0n) is 22.0. The number of aromatic nitrogens is 2. The number of carbonyl (C=O) groups excluding carboxylic acids is 2. The normalized spacial score (nSPS) is 12.9.